The van der Waals surface area contributed by atoms with Crippen LogP contribution in [0.15, 0.2) is 0 Å². The lowest BCUT2D eigenvalue weighted by Gasteiger charge is -2.37. The van der Waals surface area contributed by atoms with Crippen LogP contribution in [0.2, 0.25) is 18.1 Å². The van der Waals surface area contributed by atoms with Gasteiger partial charge in [0.1, 0.15) is 14.0 Å². The van der Waals surface area contributed by atoms with E-state index in [1.165, 1.54) is 0 Å². The molecule has 1 heterocycles. The SMILES string of the molecule is [B][C@H]1C[C@@H](OCSC)C(CO[Si](C)(C)C(C)(C)C)O1. The average molecular weight is 302 g/mol. The molecular weight excluding hydrogens is 275 g/mol. The summed E-state index contributed by atoms with van der Waals surface area (Å²) in [5.41, 5.74) is 0. The number of hydrogen-bond acceptors (Lipinski definition) is 4. The third-order valence-corrected chi connectivity index (χ3v) is 8.92. The summed E-state index contributed by atoms with van der Waals surface area (Å²) in [6, 6.07) is -0.222. The van der Waals surface area contributed by atoms with Gasteiger partial charge in [-0.3, -0.25) is 0 Å². The van der Waals surface area contributed by atoms with Gasteiger partial charge in [-0.15, -0.1) is 11.8 Å². The summed E-state index contributed by atoms with van der Waals surface area (Å²) in [7, 11) is 4.12. The summed E-state index contributed by atoms with van der Waals surface area (Å²) in [6.45, 7) is 11.8. The van der Waals surface area contributed by atoms with Gasteiger partial charge < -0.3 is 13.9 Å². The molecule has 1 aliphatic rings. The Morgan fingerprint density at radius 3 is 2.53 bits per heavy atom. The summed E-state index contributed by atoms with van der Waals surface area (Å²) < 4.78 is 17.7. The highest BCUT2D eigenvalue weighted by atomic mass is 32.2. The van der Waals surface area contributed by atoms with E-state index in [0.29, 0.717) is 12.5 Å². The molecule has 1 fully saturated rings. The van der Waals surface area contributed by atoms with E-state index in [0.717, 1.165) is 6.42 Å². The van der Waals surface area contributed by atoms with Crippen molar-refractivity contribution in [2.45, 2.75) is 63.5 Å². The smallest absolute Gasteiger partial charge is 0.192 e. The highest BCUT2D eigenvalue weighted by Crippen LogP contribution is 2.37. The summed E-state index contributed by atoms with van der Waals surface area (Å²) >= 11 is 1.67. The first-order valence-corrected chi connectivity index (χ1v) is 11.1. The molecule has 0 spiro atoms. The Labute approximate surface area is 124 Å². The van der Waals surface area contributed by atoms with Crippen LogP contribution < -0.4 is 0 Å². The summed E-state index contributed by atoms with van der Waals surface area (Å²) in [5.74, 6) is 0.678. The third-order valence-electron chi connectivity index (χ3n) is 4.04. The molecule has 0 amide bonds. The molecule has 0 N–H and O–H groups in total. The first kappa shape index (κ1) is 17.6. The predicted molar refractivity (Wildman–Crippen MR) is 85.4 cm³/mol. The summed E-state index contributed by atoms with van der Waals surface area (Å²) in [5, 5.41) is 0.212. The zero-order valence-corrected chi connectivity index (χ0v) is 14.9. The van der Waals surface area contributed by atoms with E-state index in [2.05, 4.69) is 33.9 Å². The third kappa shape index (κ3) is 5.08. The zero-order chi connectivity index (χ0) is 14.7. The fraction of sp³-hybridized carbons (Fsp3) is 1.00. The molecule has 2 radical (unpaired) electrons. The molecule has 0 bridgehead atoms. The Morgan fingerprint density at radius 2 is 2.00 bits per heavy atom. The quantitative estimate of drug-likeness (QED) is 0.557. The van der Waals surface area contributed by atoms with Gasteiger partial charge in [-0.2, -0.15) is 0 Å². The minimum atomic E-state index is -1.74. The van der Waals surface area contributed by atoms with E-state index in [1.54, 1.807) is 11.8 Å². The largest absolute Gasteiger partial charge is 0.414 e. The molecule has 0 aliphatic carbocycles. The van der Waals surface area contributed by atoms with E-state index in [9.17, 15) is 0 Å². The van der Waals surface area contributed by atoms with Gasteiger partial charge in [0.2, 0.25) is 0 Å². The van der Waals surface area contributed by atoms with Crippen LogP contribution in [0.1, 0.15) is 27.2 Å². The Bertz CT molecular complexity index is 284. The van der Waals surface area contributed by atoms with Crippen molar-refractivity contribution in [2.75, 3.05) is 18.8 Å². The van der Waals surface area contributed by atoms with E-state index < -0.39 is 8.32 Å². The van der Waals surface area contributed by atoms with Gasteiger partial charge in [-0.05, 0) is 30.8 Å². The standard InChI is InChI=1S/C13H27BO3SSi/c1-13(2,3)19(5,6)16-8-11-10(15-9-18-4)7-12(14)17-11/h10-12H,7-9H2,1-6H3/t10-,11?,12-/m1/s1. The first-order valence-electron chi connectivity index (χ1n) is 6.83. The van der Waals surface area contributed by atoms with Crippen LogP contribution in [0.4, 0.5) is 0 Å². The van der Waals surface area contributed by atoms with Crippen molar-refractivity contribution in [1.29, 1.82) is 0 Å². The van der Waals surface area contributed by atoms with Crippen molar-refractivity contribution >= 4 is 27.9 Å². The van der Waals surface area contributed by atoms with Gasteiger partial charge in [0.15, 0.2) is 8.32 Å². The van der Waals surface area contributed by atoms with Crippen molar-refractivity contribution in [3.8, 4) is 0 Å². The van der Waals surface area contributed by atoms with Gasteiger partial charge in [0.25, 0.3) is 0 Å². The van der Waals surface area contributed by atoms with Gasteiger partial charge >= 0.3 is 0 Å². The van der Waals surface area contributed by atoms with E-state index in [4.69, 9.17) is 21.7 Å². The molecular formula is C13H27BO3SSi. The van der Waals surface area contributed by atoms with Crippen LogP contribution >= 0.6 is 11.8 Å². The number of hydrogen-bond donors (Lipinski definition) is 0. The molecule has 0 aromatic rings. The van der Waals surface area contributed by atoms with Gasteiger partial charge in [-0.25, -0.2) is 0 Å². The van der Waals surface area contributed by atoms with Crippen LogP contribution in [0.3, 0.4) is 0 Å². The molecule has 1 unspecified atom stereocenters. The van der Waals surface area contributed by atoms with Crippen molar-refractivity contribution in [2.24, 2.45) is 0 Å². The summed E-state index contributed by atoms with van der Waals surface area (Å²) in [6.07, 6.45) is 2.81. The lowest BCUT2D eigenvalue weighted by molar-refractivity contribution is -0.0215. The molecule has 0 aromatic heterocycles. The molecule has 1 aliphatic heterocycles. The second-order valence-corrected chi connectivity index (χ2v) is 12.3. The number of thioether (sulfide) groups is 1. The van der Waals surface area contributed by atoms with E-state index in [-0.39, 0.29) is 23.2 Å². The Hall–Kier alpha value is 0.512. The molecule has 19 heavy (non-hydrogen) atoms. The van der Waals surface area contributed by atoms with Crippen molar-refractivity contribution < 1.29 is 13.9 Å². The van der Waals surface area contributed by atoms with Crippen LogP contribution in [-0.4, -0.2) is 53.2 Å². The molecule has 0 aromatic carbocycles. The topological polar surface area (TPSA) is 27.7 Å². The Morgan fingerprint density at radius 1 is 1.37 bits per heavy atom. The molecule has 0 saturated carbocycles. The van der Waals surface area contributed by atoms with E-state index in [1.807, 2.05) is 6.26 Å². The van der Waals surface area contributed by atoms with Crippen LogP contribution in [0.25, 0.3) is 0 Å². The second-order valence-electron chi connectivity index (χ2n) is 6.63. The average Bonchev–Trinajstić information content (AvgIpc) is 2.63. The highest BCUT2D eigenvalue weighted by Gasteiger charge is 2.40. The summed E-state index contributed by atoms with van der Waals surface area (Å²) in [4.78, 5) is 0. The molecule has 6 heteroatoms. The maximum atomic E-state index is 6.21. The van der Waals surface area contributed by atoms with Crippen molar-refractivity contribution in [3.63, 3.8) is 0 Å². The molecule has 1 saturated heterocycles. The minimum Gasteiger partial charge on any atom is -0.414 e. The van der Waals surface area contributed by atoms with Crippen LogP contribution in [0.5, 0.6) is 0 Å². The van der Waals surface area contributed by atoms with Crippen LogP contribution in [-0.2, 0) is 13.9 Å². The van der Waals surface area contributed by atoms with E-state index >= 15 is 0 Å². The molecule has 110 valence electrons. The maximum Gasteiger partial charge on any atom is 0.192 e. The molecule has 3 nitrogen and oxygen atoms in total. The van der Waals surface area contributed by atoms with Crippen LogP contribution in [0, 0.1) is 0 Å². The van der Waals surface area contributed by atoms with Crippen molar-refractivity contribution in [3.05, 3.63) is 0 Å². The maximum absolute atomic E-state index is 6.21. The van der Waals surface area contributed by atoms with Gasteiger partial charge in [0.05, 0.1) is 18.6 Å². The first-order chi connectivity index (χ1) is 8.67. The number of ether oxygens (including phenoxy) is 2. The predicted octanol–water partition coefficient (Wildman–Crippen LogP) is 3.00. The fourth-order valence-corrected chi connectivity index (χ4v) is 3.06. The highest BCUT2D eigenvalue weighted by molar-refractivity contribution is 7.98. The Balaban J connectivity index is 2.50. The second kappa shape index (κ2) is 6.98. The minimum absolute atomic E-state index is 0.0312. The lowest BCUT2D eigenvalue weighted by atomic mass is 9.96. The van der Waals surface area contributed by atoms with Crippen molar-refractivity contribution in [1.82, 2.24) is 0 Å². The zero-order valence-electron chi connectivity index (χ0n) is 13.1. The number of rotatable bonds is 6. The van der Waals surface area contributed by atoms with Gasteiger partial charge in [-0.1, -0.05) is 20.8 Å². The monoisotopic (exact) mass is 302 g/mol. The molecule has 3 atom stereocenters. The van der Waals surface area contributed by atoms with Gasteiger partial charge in [0, 0.05) is 6.00 Å². The fourth-order valence-electron chi connectivity index (χ4n) is 1.73. The Kier molecular flexibility index (Phi) is 6.46. The lowest BCUT2D eigenvalue weighted by Crippen LogP contribution is -2.44. The molecule has 1 rings (SSSR count). The normalized spacial score (nSPS) is 28.8.